The minimum absolute atomic E-state index is 0.0770. The molecular weight excluding hydrogens is 302 g/mol. The number of nitrogens with zero attached hydrogens (tertiary/aromatic N) is 2. The van der Waals surface area contributed by atoms with Gasteiger partial charge >= 0.3 is 0 Å². The van der Waals surface area contributed by atoms with Gasteiger partial charge in [0.1, 0.15) is 0 Å². The van der Waals surface area contributed by atoms with E-state index in [1.165, 1.54) is 5.56 Å². The zero-order chi connectivity index (χ0) is 17.4. The number of benzene rings is 1. The van der Waals surface area contributed by atoms with Crippen LogP contribution in [0.3, 0.4) is 0 Å². The van der Waals surface area contributed by atoms with Crippen molar-refractivity contribution in [3.05, 3.63) is 35.9 Å². The van der Waals surface area contributed by atoms with Gasteiger partial charge in [-0.2, -0.15) is 0 Å². The molecule has 1 atom stereocenters. The molecule has 132 valence electrons. The van der Waals surface area contributed by atoms with Crippen molar-refractivity contribution in [2.45, 2.75) is 39.2 Å². The SMILES string of the molecule is CCC(C)NC(=O)CN1CCN(C(=O)CCc2ccccc2)CC1. The molecule has 2 rings (SSSR count). The Balaban J connectivity index is 1.68. The lowest BCUT2D eigenvalue weighted by Gasteiger charge is -2.34. The van der Waals surface area contributed by atoms with Crippen LogP contribution in [0.1, 0.15) is 32.3 Å². The quantitative estimate of drug-likeness (QED) is 0.827. The van der Waals surface area contributed by atoms with Crippen molar-refractivity contribution in [1.82, 2.24) is 15.1 Å². The van der Waals surface area contributed by atoms with Gasteiger partial charge in [-0.25, -0.2) is 0 Å². The maximum atomic E-state index is 12.3. The van der Waals surface area contributed by atoms with E-state index in [-0.39, 0.29) is 17.9 Å². The number of carbonyl (C=O) groups is 2. The van der Waals surface area contributed by atoms with Gasteiger partial charge in [0, 0.05) is 38.6 Å². The number of hydrogen-bond donors (Lipinski definition) is 1. The molecule has 5 heteroatoms. The van der Waals surface area contributed by atoms with Crippen LogP contribution in [0.25, 0.3) is 0 Å². The van der Waals surface area contributed by atoms with Crippen LogP contribution in [0.2, 0.25) is 0 Å². The Bertz CT molecular complexity index is 525. The Labute approximate surface area is 145 Å². The molecule has 0 spiro atoms. The lowest BCUT2D eigenvalue weighted by molar-refractivity contribution is -0.133. The van der Waals surface area contributed by atoms with Gasteiger partial charge in [0.15, 0.2) is 0 Å². The molecule has 0 bridgehead atoms. The standard InChI is InChI=1S/C19H29N3O2/c1-3-16(2)20-18(23)15-21-11-13-22(14-12-21)19(24)10-9-17-7-5-4-6-8-17/h4-8,16H,3,9-15H2,1-2H3,(H,20,23). The first-order valence-corrected chi connectivity index (χ1v) is 8.92. The molecule has 1 fully saturated rings. The fourth-order valence-corrected chi connectivity index (χ4v) is 2.84. The monoisotopic (exact) mass is 331 g/mol. The van der Waals surface area contributed by atoms with Crippen LogP contribution in [0.15, 0.2) is 30.3 Å². The van der Waals surface area contributed by atoms with Crippen LogP contribution >= 0.6 is 0 Å². The van der Waals surface area contributed by atoms with E-state index in [0.717, 1.165) is 25.9 Å². The fraction of sp³-hybridized carbons (Fsp3) is 0.579. The van der Waals surface area contributed by atoms with Gasteiger partial charge < -0.3 is 10.2 Å². The topological polar surface area (TPSA) is 52.7 Å². The number of nitrogens with one attached hydrogen (secondary N) is 1. The van der Waals surface area contributed by atoms with E-state index < -0.39 is 0 Å². The van der Waals surface area contributed by atoms with Crippen LogP contribution in [0.4, 0.5) is 0 Å². The number of rotatable bonds is 7. The summed E-state index contributed by atoms with van der Waals surface area (Å²) in [5, 5.41) is 2.99. The molecule has 1 aliphatic heterocycles. The molecule has 0 aromatic heterocycles. The van der Waals surface area contributed by atoms with E-state index in [4.69, 9.17) is 0 Å². The van der Waals surface area contributed by atoms with E-state index in [9.17, 15) is 9.59 Å². The number of carbonyl (C=O) groups excluding carboxylic acids is 2. The van der Waals surface area contributed by atoms with E-state index in [1.807, 2.05) is 30.0 Å². The summed E-state index contributed by atoms with van der Waals surface area (Å²) in [5.41, 5.74) is 1.20. The molecule has 2 amide bonds. The van der Waals surface area contributed by atoms with Crippen LogP contribution in [-0.2, 0) is 16.0 Å². The van der Waals surface area contributed by atoms with Gasteiger partial charge in [0.25, 0.3) is 0 Å². The third kappa shape index (κ3) is 5.96. The fourth-order valence-electron chi connectivity index (χ4n) is 2.84. The lowest BCUT2D eigenvalue weighted by Crippen LogP contribution is -2.51. The predicted octanol–water partition coefficient (Wildman–Crippen LogP) is 1.68. The smallest absolute Gasteiger partial charge is 0.234 e. The van der Waals surface area contributed by atoms with Crippen molar-refractivity contribution in [2.24, 2.45) is 0 Å². The molecule has 1 aromatic rings. The largest absolute Gasteiger partial charge is 0.353 e. The summed E-state index contributed by atoms with van der Waals surface area (Å²) in [6.07, 6.45) is 2.28. The molecule has 5 nitrogen and oxygen atoms in total. The molecule has 0 saturated carbocycles. The number of amides is 2. The Morgan fingerprint density at radius 3 is 2.42 bits per heavy atom. The minimum Gasteiger partial charge on any atom is -0.353 e. The third-order valence-corrected chi connectivity index (χ3v) is 4.58. The van der Waals surface area contributed by atoms with Gasteiger partial charge in [-0.1, -0.05) is 37.3 Å². The second-order valence-electron chi connectivity index (χ2n) is 6.52. The Morgan fingerprint density at radius 1 is 1.12 bits per heavy atom. The maximum Gasteiger partial charge on any atom is 0.234 e. The van der Waals surface area contributed by atoms with Crippen molar-refractivity contribution in [3.63, 3.8) is 0 Å². The molecule has 0 radical (unpaired) electrons. The van der Waals surface area contributed by atoms with Gasteiger partial charge in [0.05, 0.1) is 6.54 Å². The van der Waals surface area contributed by atoms with E-state index in [2.05, 4.69) is 29.3 Å². The van der Waals surface area contributed by atoms with E-state index >= 15 is 0 Å². The van der Waals surface area contributed by atoms with Crippen LogP contribution in [0, 0.1) is 0 Å². The molecule has 1 saturated heterocycles. The molecule has 1 N–H and O–H groups in total. The minimum atomic E-state index is 0.0770. The molecule has 24 heavy (non-hydrogen) atoms. The Hall–Kier alpha value is -1.88. The first-order valence-electron chi connectivity index (χ1n) is 8.92. The van der Waals surface area contributed by atoms with Crippen molar-refractivity contribution in [1.29, 1.82) is 0 Å². The zero-order valence-electron chi connectivity index (χ0n) is 14.8. The van der Waals surface area contributed by atoms with Crippen LogP contribution < -0.4 is 5.32 Å². The van der Waals surface area contributed by atoms with Gasteiger partial charge in [-0.3, -0.25) is 14.5 Å². The summed E-state index contributed by atoms with van der Waals surface area (Å²) in [7, 11) is 0. The summed E-state index contributed by atoms with van der Waals surface area (Å²) in [6.45, 7) is 7.47. The second kappa shape index (κ2) is 9.42. The molecular formula is C19H29N3O2. The van der Waals surface area contributed by atoms with Crippen molar-refractivity contribution < 1.29 is 9.59 Å². The highest BCUT2D eigenvalue weighted by Crippen LogP contribution is 2.08. The first-order chi connectivity index (χ1) is 11.6. The molecule has 1 aromatic carbocycles. The van der Waals surface area contributed by atoms with Crippen LogP contribution in [-0.4, -0.2) is 60.4 Å². The summed E-state index contributed by atoms with van der Waals surface area (Å²) < 4.78 is 0. The number of aryl methyl sites for hydroxylation is 1. The predicted molar refractivity (Wildman–Crippen MR) is 95.7 cm³/mol. The molecule has 0 aliphatic carbocycles. The highest BCUT2D eigenvalue weighted by Gasteiger charge is 2.22. The first kappa shape index (κ1) is 18.5. The summed E-state index contributed by atoms with van der Waals surface area (Å²) >= 11 is 0. The average Bonchev–Trinajstić information content (AvgIpc) is 2.61. The molecule has 1 unspecified atom stereocenters. The Morgan fingerprint density at radius 2 is 1.79 bits per heavy atom. The zero-order valence-corrected chi connectivity index (χ0v) is 14.8. The van der Waals surface area contributed by atoms with Crippen LogP contribution in [0.5, 0.6) is 0 Å². The van der Waals surface area contributed by atoms with Gasteiger partial charge in [0.2, 0.25) is 11.8 Å². The highest BCUT2D eigenvalue weighted by atomic mass is 16.2. The number of hydrogen-bond acceptors (Lipinski definition) is 3. The molecule has 1 aliphatic rings. The maximum absolute atomic E-state index is 12.3. The summed E-state index contributed by atoms with van der Waals surface area (Å²) in [5.74, 6) is 0.288. The highest BCUT2D eigenvalue weighted by molar-refractivity contribution is 5.78. The van der Waals surface area contributed by atoms with Gasteiger partial charge in [-0.05, 0) is 25.3 Å². The molecule has 1 heterocycles. The van der Waals surface area contributed by atoms with Crippen molar-refractivity contribution in [2.75, 3.05) is 32.7 Å². The van der Waals surface area contributed by atoms with Crippen molar-refractivity contribution >= 4 is 11.8 Å². The number of piperazine rings is 1. The second-order valence-corrected chi connectivity index (χ2v) is 6.52. The lowest BCUT2D eigenvalue weighted by atomic mass is 10.1. The normalized spacial score (nSPS) is 16.7. The average molecular weight is 331 g/mol. The van der Waals surface area contributed by atoms with E-state index in [0.29, 0.717) is 26.1 Å². The summed E-state index contributed by atoms with van der Waals surface area (Å²) in [6, 6.07) is 10.3. The van der Waals surface area contributed by atoms with E-state index in [1.54, 1.807) is 0 Å². The third-order valence-electron chi connectivity index (χ3n) is 4.58. The van der Waals surface area contributed by atoms with Crippen molar-refractivity contribution in [3.8, 4) is 0 Å². The van der Waals surface area contributed by atoms with Gasteiger partial charge in [-0.15, -0.1) is 0 Å². The summed E-state index contributed by atoms with van der Waals surface area (Å²) in [4.78, 5) is 28.3. The Kier molecular flexibility index (Phi) is 7.25.